The summed E-state index contributed by atoms with van der Waals surface area (Å²) < 4.78 is 27.7. The van der Waals surface area contributed by atoms with Gasteiger partial charge in [-0.05, 0) is 32.1 Å². The van der Waals surface area contributed by atoms with Crippen molar-refractivity contribution in [3.05, 3.63) is 22.2 Å². The molecule has 0 bridgehead atoms. The van der Waals surface area contributed by atoms with E-state index in [1.165, 1.54) is 12.1 Å². The minimum absolute atomic E-state index is 0.0534. The van der Waals surface area contributed by atoms with Gasteiger partial charge in [-0.1, -0.05) is 37.0 Å². The number of halogens is 2. The largest absolute Gasteiger partial charge is 0.396 e. The monoisotopic (exact) mass is 353 g/mol. The van der Waals surface area contributed by atoms with Gasteiger partial charge in [0.2, 0.25) is 10.0 Å². The van der Waals surface area contributed by atoms with Gasteiger partial charge in [0.15, 0.2) is 0 Å². The van der Waals surface area contributed by atoms with Crippen molar-refractivity contribution in [2.45, 2.75) is 24.8 Å². The molecule has 0 aliphatic rings. The maximum atomic E-state index is 12.5. The van der Waals surface area contributed by atoms with Crippen LogP contribution in [0.4, 0.5) is 5.69 Å². The second-order valence-electron chi connectivity index (χ2n) is 5.51. The number of rotatable bonds is 6. The molecule has 1 unspecified atom stereocenters. The standard InChI is InChI=1S/C13H21Cl2N3O2S/c1-8(2)10(7-18(3)4)17-21(19,20)11-6-5-9(14)13(16)12(11)15/h5-6,8,10,17H,7,16H2,1-4H3. The second kappa shape index (κ2) is 7.15. The Kier molecular flexibility index (Phi) is 6.31. The third-order valence-corrected chi connectivity index (χ3v) is 5.43. The number of nitrogens with zero attached hydrogens (tertiary/aromatic N) is 1. The molecule has 0 aromatic heterocycles. The van der Waals surface area contributed by atoms with Gasteiger partial charge < -0.3 is 10.6 Å². The molecule has 0 heterocycles. The molecular weight excluding hydrogens is 333 g/mol. The second-order valence-corrected chi connectivity index (χ2v) is 7.97. The van der Waals surface area contributed by atoms with Crippen molar-refractivity contribution in [2.24, 2.45) is 5.92 Å². The molecule has 0 saturated heterocycles. The van der Waals surface area contributed by atoms with E-state index in [-0.39, 0.29) is 32.6 Å². The van der Waals surface area contributed by atoms with E-state index in [0.29, 0.717) is 6.54 Å². The van der Waals surface area contributed by atoms with Crippen molar-refractivity contribution in [2.75, 3.05) is 26.4 Å². The highest BCUT2D eigenvalue weighted by Gasteiger charge is 2.26. The highest BCUT2D eigenvalue weighted by atomic mass is 35.5. The Hall–Kier alpha value is -0.530. The Morgan fingerprint density at radius 2 is 1.86 bits per heavy atom. The quantitative estimate of drug-likeness (QED) is 0.770. The number of nitrogens with two attached hydrogens (primary N) is 1. The van der Waals surface area contributed by atoms with Crippen LogP contribution >= 0.6 is 23.2 Å². The van der Waals surface area contributed by atoms with E-state index in [0.717, 1.165) is 0 Å². The SMILES string of the molecule is CC(C)C(CN(C)C)NS(=O)(=O)c1ccc(Cl)c(N)c1Cl. The first-order chi connectivity index (χ1) is 9.56. The average Bonchev–Trinajstić information content (AvgIpc) is 2.33. The van der Waals surface area contributed by atoms with Gasteiger partial charge in [-0.15, -0.1) is 0 Å². The summed E-state index contributed by atoms with van der Waals surface area (Å²) >= 11 is 11.8. The van der Waals surface area contributed by atoms with Crippen LogP contribution in [0.1, 0.15) is 13.8 Å². The number of hydrogen-bond donors (Lipinski definition) is 2. The van der Waals surface area contributed by atoms with Crippen LogP contribution in [0.3, 0.4) is 0 Å². The lowest BCUT2D eigenvalue weighted by molar-refractivity contribution is 0.314. The maximum absolute atomic E-state index is 12.5. The van der Waals surface area contributed by atoms with E-state index in [1.807, 2.05) is 32.8 Å². The van der Waals surface area contributed by atoms with Crippen LogP contribution in [0.25, 0.3) is 0 Å². The van der Waals surface area contributed by atoms with Crippen LogP contribution in [0.15, 0.2) is 17.0 Å². The fraction of sp³-hybridized carbons (Fsp3) is 0.538. The predicted molar refractivity (Wildman–Crippen MR) is 88.4 cm³/mol. The fourth-order valence-corrected chi connectivity index (χ4v) is 3.94. The summed E-state index contributed by atoms with van der Waals surface area (Å²) in [5.41, 5.74) is 5.75. The molecule has 0 spiro atoms. The van der Waals surface area contributed by atoms with Gasteiger partial charge in [-0.25, -0.2) is 13.1 Å². The van der Waals surface area contributed by atoms with Crippen LogP contribution in [-0.2, 0) is 10.0 Å². The first kappa shape index (κ1) is 18.5. The summed E-state index contributed by atoms with van der Waals surface area (Å²) in [5.74, 6) is 0.130. The third-order valence-electron chi connectivity index (χ3n) is 3.05. The Bertz CT molecular complexity index is 604. The van der Waals surface area contributed by atoms with Crippen molar-refractivity contribution < 1.29 is 8.42 Å². The Balaban J connectivity index is 3.14. The molecule has 1 aromatic carbocycles. The first-order valence-corrected chi connectivity index (χ1v) is 8.70. The number of benzene rings is 1. The number of nitrogen functional groups attached to an aromatic ring is 1. The van der Waals surface area contributed by atoms with Crippen LogP contribution in [0.2, 0.25) is 10.0 Å². The summed E-state index contributed by atoms with van der Waals surface area (Å²) in [6, 6.07) is 2.54. The summed E-state index contributed by atoms with van der Waals surface area (Å²) in [6.07, 6.45) is 0. The molecule has 5 nitrogen and oxygen atoms in total. The van der Waals surface area contributed by atoms with Gasteiger partial charge in [0, 0.05) is 12.6 Å². The lowest BCUT2D eigenvalue weighted by Crippen LogP contribution is -2.44. The molecule has 120 valence electrons. The number of sulfonamides is 1. The first-order valence-electron chi connectivity index (χ1n) is 6.46. The van der Waals surface area contributed by atoms with E-state index in [4.69, 9.17) is 28.9 Å². The lowest BCUT2D eigenvalue weighted by atomic mass is 10.1. The Labute approximate surface area is 136 Å². The molecule has 21 heavy (non-hydrogen) atoms. The van der Waals surface area contributed by atoms with Gasteiger partial charge in [-0.2, -0.15) is 0 Å². The Morgan fingerprint density at radius 1 is 1.29 bits per heavy atom. The third kappa shape index (κ3) is 4.72. The zero-order valence-electron chi connectivity index (χ0n) is 12.5. The smallest absolute Gasteiger partial charge is 0.242 e. The van der Waals surface area contributed by atoms with E-state index in [9.17, 15) is 8.42 Å². The zero-order chi connectivity index (χ0) is 16.4. The average molecular weight is 354 g/mol. The Morgan fingerprint density at radius 3 is 2.33 bits per heavy atom. The normalized spacial score (nSPS) is 13.9. The van der Waals surface area contributed by atoms with E-state index in [2.05, 4.69) is 4.72 Å². The molecule has 0 fully saturated rings. The molecule has 0 amide bonds. The lowest BCUT2D eigenvalue weighted by Gasteiger charge is -2.25. The topological polar surface area (TPSA) is 75.4 Å². The van der Waals surface area contributed by atoms with Gasteiger partial charge in [0.1, 0.15) is 4.90 Å². The van der Waals surface area contributed by atoms with Crippen molar-refractivity contribution in [3.8, 4) is 0 Å². The van der Waals surface area contributed by atoms with Gasteiger partial charge in [-0.3, -0.25) is 0 Å². The zero-order valence-corrected chi connectivity index (χ0v) is 14.9. The predicted octanol–water partition coefficient (Wildman–Crippen LogP) is 2.44. The number of hydrogen-bond acceptors (Lipinski definition) is 4. The van der Waals surface area contributed by atoms with Crippen LogP contribution < -0.4 is 10.5 Å². The highest BCUT2D eigenvalue weighted by Crippen LogP contribution is 2.33. The van der Waals surface area contributed by atoms with E-state index < -0.39 is 10.0 Å². The fourth-order valence-electron chi connectivity index (χ4n) is 1.80. The highest BCUT2D eigenvalue weighted by molar-refractivity contribution is 7.89. The summed E-state index contributed by atoms with van der Waals surface area (Å²) in [6.45, 7) is 4.49. The van der Waals surface area contributed by atoms with Gasteiger partial charge >= 0.3 is 0 Å². The van der Waals surface area contributed by atoms with E-state index in [1.54, 1.807) is 0 Å². The molecule has 0 aliphatic heterocycles. The number of anilines is 1. The van der Waals surface area contributed by atoms with E-state index >= 15 is 0 Å². The molecule has 1 rings (SSSR count). The summed E-state index contributed by atoms with van der Waals surface area (Å²) in [4.78, 5) is 1.86. The molecule has 1 aromatic rings. The van der Waals surface area contributed by atoms with Crippen LogP contribution in [0.5, 0.6) is 0 Å². The van der Waals surface area contributed by atoms with Crippen molar-refractivity contribution in [1.82, 2.24) is 9.62 Å². The molecule has 0 aliphatic carbocycles. The number of nitrogens with one attached hydrogen (secondary N) is 1. The minimum atomic E-state index is -3.77. The molecule has 8 heteroatoms. The molecule has 0 radical (unpaired) electrons. The minimum Gasteiger partial charge on any atom is -0.396 e. The van der Waals surface area contributed by atoms with Crippen molar-refractivity contribution in [1.29, 1.82) is 0 Å². The summed E-state index contributed by atoms with van der Waals surface area (Å²) in [5, 5.41) is 0.176. The van der Waals surface area contributed by atoms with Crippen LogP contribution in [-0.4, -0.2) is 40.0 Å². The van der Waals surface area contributed by atoms with Crippen molar-refractivity contribution in [3.63, 3.8) is 0 Å². The maximum Gasteiger partial charge on any atom is 0.242 e. The van der Waals surface area contributed by atoms with Gasteiger partial charge in [0.05, 0.1) is 15.7 Å². The van der Waals surface area contributed by atoms with Gasteiger partial charge in [0.25, 0.3) is 0 Å². The van der Waals surface area contributed by atoms with Crippen LogP contribution in [0, 0.1) is 5.92 Å². The molecule has 3 N–H and O–H groups in total. The molecule has 1 atom stereocenters. The van der Waals surface area contributed by atoms with Crippen molar-refractivity contribution >= 4 is 38.9 Å². The molecule has 0 saturated carbocycles. The number of likely N-dealkylation sites (N-methyl/N-ethyl adjacent to an activating group) is 1. The molecular formula is C13H21Cl2N3O2S. The summed E-state index contributed by atoms with van der Waals surface area (Å²) in [7, 11) is 0.00438.